The van der Waals surface area contributed by atoms with E-state index >= 15 is 0 Å². The Labute approximate surface area is 170 Å². The number of hydrogen-bond donors (Lipinski definition) is 4. The molecule has 0 radical (unpaired) electrons. The maximum absolute atomic E-state index is 13.0. The van der Waals surface area contributed by atoms with Crippen molar-refractivity contribution in [3.8, 4) is 11.1 Å². The molecule has 152 valence electrons. The molecule has 2 aromatic heterocycles. The van der Waals surface area contributed by atoms with Gasteiger partial charge in [0.2, 0.25) is 0 Å². The van der Waals surface area contributed by atoms with Crippen molar-refractivity contribution in [3.05, 3.63) is 42.4 Å². The zero-order chi connectivity index (χ0) is 20.2. The van der Waals surface area contributed by atoms with Crippen molar-refractivity contribution in [2.45, 2.75) is 45.2 Å². The van der Waals surface area contributed by atoms with Gasteiger partial charge in [-0.3, -0.25) is 14.9 Å². The molecule has 3 heterocycles. The molecular weight excluding hydrogens is 364 g/mol. The van der Waals surface area contributed by atoms with E-state index in [0.29, 0.717) is 18.2 Å². The summed E-state index contributed by atoms with van der Waals surface area (Å²) in [5, 5.41) is 17.8. The van der Waals surface area contributed by atoms with Gasteiger partial charge in [0.05, 0.1) is 23.0 Å². The monoisotopic (exact) mass is 392 g/mol. The van der Waals surface area contributed by atoms with Crippen LogP contribution in [0.2, 0.25) is 0 Å². The Balaban J connectivity index is 1.63. The van der Waals surface area contributed by atoms with Gasteiger partial charge in [-0.2, -0.15) is 5.10 Å². The zero-order valence-corrected chi connectivity index (χ0v) is 17.0. The predicted molar refractivity (Wildman–Crippen MR) is 116 cm³/mol. The molecule has 1 atom stereocenters. The molecule has 29 heavy (non-hydrogen) atoms. The Morgan fingerprint density at radius 1 is 1.28 bits per heavy atom. The van der Waals surface area contributed by atoms with Crippen molar-refractivity contribution in [1.29, 1.82) is 0 Å². The lowest BCUT2D eigenvalue weighted by Crippen LogP contribution is -2.31. The van der Waals surface area contributed by atoms with E-state index < -0.39 is 0 Å². The van der Waals surface area contributed by atoms with Crippen LogP contribution in [0.5, 0.6) is 0 Å². The summed E-state index contributed by atoms with van der Waals surface area (Å²) >= 11 is 0. The molecule has 0 saturated carbocycles. The van der Waals surface area contributed by atoms with Gasteiger partial charge in [0.1, 0.15) is 0 Å². The Kier molecular flexibility index (Phi) is 5.76. The number of H-pyrrole nitrogens is 1. The van der Waals surface area contributed by atoms with Crippen LogP contribution >= 0.6 is 0 Å². The number of carbonyl (C=O) groups is 1. The number of pyridine rings is 1. The Morgan fingerprint density at radius 2 is 2.17 bits per heavy atom. The van der Waals surface area contributed by atoms with Crippen molar-refractivity contribution in [1.82, 2.24) is 25.8 Å². The quantitative estimate of drug-likeness (QED) is 0.495. The number of anilines is 1. The van der Waals surface area contributed by atoms with Crippen molar-refractivity contribution in [3.63, 3.8) is 0 Å². The lowest BCUT2D eigenvalue weighted by molar-refractivity contribution is 0.0953. The lowest BCUT2D eigenvalue weighted by atomic mass is 10.0. The van der Waals surface area contributed by atoms with Gasteiger partial charge in [-0.1, -0.05) is 6.07 Å². The topological polar surface area (TPSA) is 94.7 Å². The normalized spacial score (nSPS) is 16.4. The molecule has 7 nitrogen and oxygen atoms in total. The highest BCUT2D eigenvalue weighted by atomic mass is 16.1. The standard InChI is InChI=1S/C22H28N6O/c1-14(2)28-21-18-10-15(16-11-26-27-12-16)5-6-20(18)25-13-19(21)22(29)24-9-7-17-4-3-8-23-17/h5-6,10-14,17,23H,3-4,7-9H2,1-2H3,(H,24,29)(H,25,28)(H,26,27). The summed E-state index contributed by atoms with van der Waals surface area (Å²) in [4.78, 5) is 17.5. The van der Waals surface area contributed by atoms with Crippen molar-refractivity contribution >= 4 is 22.5 Å². The molecule has 0 aliphatic carbocycles. The number of rotatable bonds is 7. The van der Waals surface area contributed by atoms with Gasteiger partial charge in [0, 0.05) is 42.0 Å². The second kappa shape index (κ2) is 8.61. The molecule has 4 N–H and O–H groups in total. The van der Waals surface area contributed by atoms with E-state index in [1.54, 1.807) is 12.4 Å². The fourth-order valence-electron chi connectivity index (χ4n) is 3.86. The lowest BCUT2D eigenvalue weighted by Gasteiger charge is -2.18. The van der Waals surface area contributed by atoms with Crippen LogP contribution in [0.4, 0.5) is 5.69 Å². The number of amides is 1. The van der Waals surface area contributed by atoms with E-state index in [1.165, 1.54) is 12.8 Å². The summed E-state index contributed by atoms with van der Waals surface area (Å²) in [5.41, 5.74) is 4.29. The van der Waals surface area contributed by atoms with Crippen LogP contribution in [0.1, 0.15) is 43.5 Å². The smallest absolute Gasteiger partial charge is 0.254 e. The van der Waals surface area contributed by atoms with Crippen LogP contribution < -0.4 is 16.0 Å². The fraction of sp³-hybridized carbons (Fsp3) is 0.409. The van der Waals surface area contributed by atoms with E-state index in [9.17, 15) is 4.79 Å². The highest BCUT2D eigenvalue weighted by Gasteiger charge is 2.18. The highest BCUT2D eigenvalue weighted by Crippen LogP contribution is 2.31. The average molecular weight is 393 g/mol. The molecule has 1 unspecified atom stereocenters. The number of hydrogen-bond acceptors (Lipinski definition) is 5. The van der Waals surface area contributed by atoms with Crippen LogP contribution in [0.3, 0.4) is 0 Å². The number of nitrogens with zero attached hydrogens (tertiary/aromatic N) is 2. The van der Waals surface area contributed by atoms with E-state index in [0.717, 1.165) is 40.7 Å². The summed E-state index contributed by atoms with van der Waals surface area (Å²) in [6, 6.07) is 6.77. The number of nitrogens with one attached hydrogen (secondary N) is 4. The first-order chi connectivity index (χ1) is 14.1. The minimum atomic E-state index is -0.0886. The second-order valence-corrected chi connectivity index (χ2v) is 7.90. The van der Waals surface area contributed by atoms with E-state index in [2.05, 4.69) is 51.0 Å². The summed E-state index contributed by atoms with van der Waals surface area (Å²) in [6.07, 6.45) is 8.67. The molecule has 1 aliphatic heterocycles. The van der Waals surface area contributed by atoms with Gasteiger partial charge in [0.25, 0.3) is 5.91 Å². The van der Waals surface area contributed by atoms with Crippen molar-refractivity contribution in [2.24, 2.45) is 0 Å². The molecule has 1 fully saturated rings. The van der Waals surface area contributed by atoms with E-state index in [-0.39, 0.29) is 11.9 Å². The molecule has 1 amide bonds. The van der Waals surface area contributed by atoms with Gasteiger partial charge in [0.15, 0.2) is 0 Å². The highest BCUT2D eigenvalue weighted by molar-refractivity contribution is 6.07. The number of carbonyl (C=O) groups excluding carboxylic acids is 1. The van der Waals surface area contributed by atoms with E-state index in [4.69, 9.17) is 0 Å². The van der Waals surface area contributed by atoms with Gasteiger partial charge in [-0.25, -0.2) is 0 Å². The average Bonchev–Trinajstić information content (AvgIpc) is 3.41. The predicted octanol–water partition coefficient (Wildman–Crippen LogP) is 3.32. The molecule has 1 aromatic carbocycles. The summed E-state index contributed by atoms with van der Waals surface area (Å²) in [5.74, 6) is -0.0886. The minimum Gasteiger partial charge on any atom is -0.382 e. The molecule has 1 aliphatic rings. The van der Waals surface area contributed by atoms with Crippen LogP contribution in [0.25, 0.3) is 22.0 Å². The maximum Gasteiger partial charge on any atom is 0.254 e. The first-order valence-corrected chi connectivity index (χ1v) is 10.3. The molecule has 0 bridgehead atoms. The summed E-state index contributed by atoms with van der Waals surface area (Å²) < 4.78 is 0. The number of aromatic amines is 1. The Hall–Kier alpha value is -2.93. The largest absolute Gasteiger partial charge is 0.382 e. The van der Waals surface area contributed by atoms with Crippen LogP contribution in [-0.2, 0) is 0 Å². The molecule has 3 aromatic rings. The molecule has 4 rings (SSSR count). The SMILES string of the molecule is CC(C)Nc1c(C(=O)NCCC2CCCN2)cnc2ccc(-c3cn[nH]c3)cc12. The Bertz CT molecular complexity index is 976. The molecule has 0 spiro atoms. The summed E-state index contributed by atoms with van der Waals surface area (Å²) in [7, 11) is 0. The third-order valence-electron chi connectivity index (χ3n) is 5.32. The van der Waals surface area contributed by atoms with Crippen LogP contribution in [0.15, 0.2) is 36.8 Å². The molecular formula is C22H28N6O. The maximum atomic E-state index is 13.0. The van der Waals surface area contributed by atoms with Crippen molar-refractivity contribution < 1.29 is 4.79 Å². The Morgan fingerprint density at radius 3 is 2.90 bits per heavy atom. The summed E-state index contributed by atoms with van der Waals surface area (Å²) in [6.45, 7) is 5.87. The number of fused-ring (bicyclic) bond motifs is 1. The fourth-order valence-corrected chi connectivity index (χ4v) is 3.86. The second-order valence-electron chi connectivity index (χ2n) is 7.90. The minimum absolute atomic E-state index is 0.0886. The number of benzene rings is 1. The zero-order valence-electron chi connectivity index (χ0n) is 17.0. The van der Waals surface area contributed by atoms with E-state index in [1.807, 2.05) is 18.3 Å². The van der Waals surface area contributed by atoms with Crippen LogP contribution in [0, 0.1) is 0 Å². The van der Waals surface area contributed by atoms with Gasteiger partial charge >= 0.3 is 0 Å². The van der Waals surface area contributed by atoms with Gasteiger partial charge < -0.3 is 16.0 Å². The first-order valence-electron chi connectivity index (χ1n) is 10.3. The van der Waals surface area contributed by atoms with Gasteiger partial charge in [-0.15, -0.1) is 0 Å². The third kappa shape index (κ3) is 4.40. The molecule has 1 saturated heterocycles. The van der Waals surface area contributed by atoms with Crippen molar-refractivity contribution in [2.75, 3.05) is 18.4 Å². The number of aromatic nitrogens is 3. The molecule has 7 heteroatoms. The third-order valence-corrected chi connectivity index (χ3v) is 5.32. The van der Waals surface area contributed by atoms with Crippen LogP contribution in [-0.4, -0.2) is 46.3 Å². The first kappa shape index (κ1) is 19.4. The van der Waals surface area contributed by atoms with Gasteiger partial charge in [-0.05, 0) is 57.4 Å².